The van der Waals surface area contributed by atoms with Gasteiger partial charge in [0.2, 0.25) is 0 Å². The summed E-state index contributed by atoms with van der Waals surface area (Å²) in [7, 11) is 0. The van der Waals surface area contributed by atoms with Crippen LogP contribution in [0.4, 0.5) is 0 Å². The van der Waals surface area contributed by atoms with E-state index in [9.17, 15) is 0 Å². The Balaban J connectivity index is 1.29. The smallest absolute Gasteiger partial charge is 0.0497 e. The number of aromatic nitrogens is 1. The second-order valence-corrected chi connectivity index (χ2v) is 13.1. The number of fused-ring (bicyclic) bond motifs is 5. The lowest BCUT2D eigenvalue weighted by atomic mass is 9.86. The van der Waals surface area contributed by atoms with Crippen LogP contribution in [-0.2, 0) is 5.54 Å². The molecule has 0 aliphatic heterocycles. The van der Waals surface area contributed by atoms with Crippen LogP contribution < -0.4 is 0 Å². The van der Waals surface area contributed by atoms with E-state index in [1.165, 1.54) is 76.7 Å². The molecule has 2 heteroatoms. The third kappa shape index (κ3) is 4.27. The Morgan fingerprint density at radius 2 is 0.864 bits per heavy atom. The highest BCUT2D eigenvalue weighted by atomic mass is 127. The van der Waals surface area contributed by atoms with Gasteiger partial charge in [-0.1, -0.05) is 150 Å². The lowest BCUT2D eigenvalue weighted by Gasteiger charge is -2.27. The maximum atomic E-state index is 2.52. The molecule has 0 aliphatic carbocycles. The summed E-state index contributed by atoms with van der Waals surface area (Å²) in [5.74, 6) is 0. The van der Waals surface area contributed by atoms with E-state index in [0.29, 0.717) is 0 Å². The molecular weight excluding hydrogens is 645 g/mol. The second-order valence-electron chi connectivity index (χ2n) is 12.3. The minimum atomic E-state index is 0.0205. The van der Waals surface area contributed by atoms with E-state index in [4.69, 9.17) is 0 Å². The van der Waals surface area contributed by atoms with Gasteiger partial charge in [0.05, 0.1) is 0 Å². The van der Waals surface area contributed by atoms with Crippen molar-refractivity contribution in [1.82, 2.24) is 4.57 Å². The average molecular weight is 678 g/mol. The largest absolute Gasteiger partial charge is 0.334 e. The van der Waals surface area contributed by atoms with Crippen molar-refractivity contribution in [2.45, 2.75) is 19.4 Å². The van der Waals surface area contributed by atoms with E-state index in [1.807, 2.05) is 0 Å². The minimum Gasteiger partial charge on any atom is -0.334 e. The van der Waals surface area contributed by atoms with Gasteiger partial charge in [-0.3, -0.25) is 0 Å². The SMILES string of the molecule is CC(C)(CI)n1c2ccccc2c2cc(-c3ccc(-c4c5ccccc5c(-c5ccccc5)c5ccccc45)cc3)ccc21. The Labute approximate surface area is 271 Å². The van der Waals surface area contributed by atoms with Gasteiger partial charge in [0.15, 0.2) is 0 Å². The first-order valence-corrected chi connectivity index (χ1v) is 16.8. The van der Waals surface area contributed by atoms with Gasteiger partial charge in [-0.2, -0.15) is 0 Å². The second kappa shape index (κ2) is 10.6. The van der Waals surface area contributed by atoms with Gasteiger partial charge in [0.1, 0.15) is 0 Å². The van der Waals surface area contributed by atoms with Gasteiger partial charge in [0, 0.05) is 31.8 Å². The van der Waals surface area contributed by atoms with Crippen LogP contribution >= 0.6 is 22.6 Å². The Hall–Kier alpha value is -4.41. The minimum absolute atomic E-state index is 0.0205. The highest BCUT2D eigenvalue weighted by Crippen LogP contribution is 2.44. The number of alkyl halides is 1. The zero-order valence-electron chi connectivity index (χ0n) is 24.9. The van der Waals surface area contributed by atoms with Gasteiger partial charge in [-0.25, -0.2) is 0 Å². The monoisotopic (exact) mass is 677 g/mol. The number of nitrogens with zero attached hydrogens (tertiary/aromatic N) is 1. The molecule has 0 saturated carbocycles. The van der Waals surface area contributed by atoms with Crippen LogP contribution in [0.3, 0.4) is 0 Å². The average Bonchev–Trinajstić information content (AvgIpc) is 3.42. The highest BCUT2D eigenvalue weighted by Gasteiger charge is 2.24. The molecule has 8 rings (SSSR count). The number of hydrogen-bond acceptors (Lipinski definition) is 0. The molecule has 1 aromatic heterocycles. The van der Waals surface area contributed by atoms with Crippen molar-refractivity contribution in [1.29, 1.82) is 0 Å². The first kappa shape index (κ1) is 27.2. The summed E-state index contributed by atoms with van der Waals surface area (Å²) < 4.78 is 3.56. The molecule has 44 heavy (non-hydrogen) atoms. The molecule has 0 unspecified atom stereocenters. The van der Waals surface area contributed by atoms with Crippen LogP contribution in [0, 0.1) is 0 Å². The maximum Gasteiger partial charge on any atom is 0.0497 e. The van der Waals surface area contributed by atoms with Gasteiger partial charge < -0.3 is 4.57 Å². The molecule has 0 bridgehead atoms. The van der Waals surface area contributed by atoms with Gasteiger partial charge in [0.25, 0.3) is 0 Å². The number of halogens is 1. The molecule has 1 heterocycles. The van der Waals surface area contributed by atoms with Crippen LogP contribution in [0.25, 0.3) is 76.7 Å². The van der Waals surface area contributed by atoms with Crippen LogP contribution in [0.15, 0.2) is 146 Å². The van der Waals surface area contributed by atoms with Crippen molar-refractivity contribution >= 4 is 65.9 Å². The fraction of sp³-hybridized carbons (Fsp3) is 0.0952. The summed E-state index contributed by atoms with van der Waals surface area (Å²) in [5.41, 5.74) is 10.2. The normalized spacial score (nSPS) is 12.1. The molecule has 7 aromatic carbocycles. The van der Waals surface area contributed by atoms with Crippen LogP contribution in [0.2, 0.25) is 0 Å². The summed E-state index contributed by atoms with van der Waals surface area (Å²) >= 11 is 2.51. The van der Waals surface area contributed by atoms with Crippen LogP contribution in [0.5, 0.6) is 0 Å². The van der Waals surface area contributed by atoms with E-state index in [2.05, 4.69) is 187 Å². The molecule has 0 saturated heterocycles. The van der Waals surface area contributed by atoms with E-state index in [1.54, 1.807) is 0 Å². The highest BCUT2D eigenvalue weighted by molar-refractivity contribution is 14.1. The lowest BCUT2D eigenvalue weighted by molar-refractivity contribution is 0.440. The molecule has 0 N–H and O–H groups in total. The predicted octanol–water partition coefficient (Wildman–Crippen LogP) is 12.3. The number of hydrogen-bond donors (Lipinski definition) is 0. The molecule has 0 atom stereocenters. The topological polar surface area (TPSA) is 4.93 Å². The van der Waals surface area contributed by atoms with Gasteiger partial charge in [-0.15, -0.1) is 0 Å². The Bertz CT molecular complexity index is 2270. The van der Waals surface area contributed by atoms with Crippen LogP contribution in [0.1, 0.15) is 13.8 Å². The summed E-state index contributed by atoms with van der Waals surface area (Å²) in [4.78, 5) is 0. The molecule has 0 amide bonds. The van der Waals surface area contributed by atoms with Gasteiger partial charge in [-0.05, 0) is 87.0 Å². The standard InChI is InChI=1S/C42H32IN/c1-42(2,27-43)44-38-19-11-10-14-32(38)37-26-31(24-25-39(37)44)28-20-22-30(23-21-28)41-35-17-8-6-15-33(35)40(29-12-4-3-5-13-29)34-16-7-9-18-36(34)41/h3-26H,27H2,1-2H3. The first-order valence-electron chi connectivity index (χ1n) is 15.2. The molecule has 0 spiro atoms. The van der Waals surface area contributed by atoms with Crippen molar-refractivity contribution < 1.29 is 0 Å². The molecule has 8 aromatic rings. The van der Waals surface area contributed by atoms with E-state index >= 15 is 0 Å². The maximum absolute atomic E-state index is 2.52. The van der Waals surface area contributed by atoms with E-state index in [-0.39, 0.29) is 5.54 Å². The van der Waals surface area contributed by atoms with E-state index in [0.717, 1.165) is 4.43 Å². The van der Waals surface area contributed by atoms with E-state index < -0.39 is 0 Å². The molecule has 0 fully saturated rings. The summed E-state index contributed by atoms with van der Waals surface area (Å²) in [6.45, 7) is 4.66. The Morgan fingerprint density at radius 1 is 0.432 bits per heavy atom. The lowest BCUT2D eigenvalue weighted by Crippen LogP contribution is -2.27. The molecule has 212 valence electrons. The fourth-order valence-electron chi connectivity index (χ4n) is 7.05. The zero-order chi connectivity index (χ0) is 29.8. The van der Waals surface area contributed by atoms with Crippen molar-refractivity contribution in [2.75, 3.05) is 4.43 Å². The third-order valence-electron chi connectivity index (χ3n) is 9.11. The fourth-order valence-corrected chi connectivity index (χ4v) is 7.39. The number of benzene rings is 7. The van der Waals surface area contributed by atoms with Crippen molar-refractivity contribution in [3.63, 3.8) is 0 Å². The summed E-state index contributed by atoms with van der Waals surface area (Å²) in [6.07, 6.45) is 0. The molecule has 0 aliphatic rings. The van der Waals surface area contributed by atoms with Crippen molar-refractivity contribution in [3.8, 4) is 33.4 Å². The summed E-state index contributed by atoms with van der Waals surface area (Å²) in [6, 6.07) is 53.5. The van der Waals surface area contributed by atoms with Crippen molar-refractivity contribution in [2.24, 2.45) is 0 Å². The number of rotatable bonds is 5. The molecule has 1 nitrogen and oxygen atoms in total. The Morgan fingerprint density at radius 3 is 1.43 bits per heavy atom. The van der Waals surface area contributed by atoms with Crippen molar-refractivity contribution in [3.05, 3.63) is 146 Å². The predicted molar refractivity (Wildman–Crippen MR) is 199 cm³/mol. The van der Waals surface area contributed by atoms with Crippen LogP contribution in [-0.4, -0.2) is 8.99 Å². The third-order valence-corrected chi connectivity index (χ3v) is 11.0. The van der Waals surface area contributed by atoms with Gasteiger partial charge >= 0.3 is 0 Å². The molecular formula is C42H32IN. The first-order chi connectivity index (χ1) is 21.5. The number of para-hydroxylation sites is 1. The zero-order valence-corrected chi connectivity index (χ0v) is 27.0. The summed E-state index contributed by atoms with van der Waals surface area (Å²) in [5, 5.41) is 7.76. The molecule has 0 radical (unpaired) electrons. The Kier molecular flexibility index (Phi) is 6.57. The quantitative estimate of drug-likeness (QED) is 0.0971.